The topological polar surface area (TPSA) is 32.3 Å². The molecule has 1 aromatic heterocycles. The summed E-state index contributed by atoms with van der Waals surface area (Å²) in [5.41, 5.74) is 0.970. The van der Waals surface area contributed by atoms with Gasteiger partial charge in [-0.25, -0.2) is 9.97 Å². The van der Waals surface area contributed by atoms with Gasteiger partial charge in [0.1, 0.15) is 12.1 Å². The van der Waals surface area contributed by atoms with Crippen LogP contribution in [-0.4, -0.2) is 47.1 Å². The average Bonchev–Trinajstić information content (AvgIpc) is 2.62. The molecule has 2 aliphatic rings. The van der Waals surface area contributed by atoms with E-state index in [2.05, 4.69) is 19.8 Å². The maximum absolute atomic E-state index is 6.17. The van der Waals surface area contributed by atoms with E-state index in [0.29, 0.717) is 0 Å². The lowest BCUT2D eigenvalue weighted by molar-refractivity contribution is 0.141. The Bertz CT molecular complexity index is 676. The molecule has 0 unspecified atom stereocenters. The predicted octanol–water partition coefficient (Wildman–Crippen LogP) is 3.74. The van der Waals surface area contributed by atoms with Gasteiger partial charge in [0.25, 0.3) is 0 Å². The number of hydrogen-bond acceptors (Lipinski definition) is 4. The first-order chi connectivity index (χ1) is 11.3. The molecule has 4 rings (SSSR count). The lowest BCUT2D eigenvalue weighted by Gasteiger charge is -2.40. The van der Waals surface area contributed by atoms with E-state index in [1.807, 2.05) is 18.2 Å². The summed E-state index contributed by atoms with van der Waals surface area (Å²) in [7, 11) is 0. The van der Waals surface area contributed by atoms with Crippen LogP contribution in [0.3, 0.4) is 0 Å². The van der Waals surface area contributed by atoms with E-state index in [9.17, 15) is 0 Å². The number of aromatic nitrogens is 2. The first-order valence-corrected chi connectivity index (χ1v) is 9.08. The highest BCUT2D eigenvalue weighted by atomic mass is 35.5. The van der Waals surface area contributed by atoms with E-state index in [1.165, 1.54) is 45.2 Å². The van der Waals surface area contributed by atoms with Crippen LogP contribution in [0.4, 0.5) is 5.82 Å². The fourth-order valence-electron chi connectivity index (χ4n) is 3.99. The van der Waals surface area contributed by atoms with E-state index in [-0.39, 0.29) is 0 Å². The highest BCUT2D eigenvalue weighted by Gasteiger charge is 2.26. The second-order valence-electron chi connectivity index (χ2n) is 6.67. The number of piperidine rings is 2. The van der Waals surface area contributed by atoms with Crippen molar-refractivity contribution in [2.24, 2.45) is 0 Å². The molecule has 0 amide bonds. The van der Waals surface area contributed by atoms with Crippen LogP contribution in [0.25, 0.3) is 10.9 Å². The van der Waals surface area contributed by atoms with Crippen LogP contribution in [0.1, 0.15) is 32.1 Å². The van der Waals surface area contributed by atoms with Crippen molar-refractivity contribution in [2.75, 3.05) is 31.1 Å². The molecule has 0 atom stereocenters. The molecule has 3 heterocycles. The first-order valence-electron chi connectivity index (χ1n) is 8.70. The van der Waals surface area contributed by atoms with Gasteiger partial charge in [0, 0.05) is 29.5 Å². The van der Waals surface area contributed by atoms with Gasteiger partial charge in [-0.3, -0.25) is 0 Å². The van der Waals surface area contributed by atoms with Crippen LogP contribution in [-0.2, 0) is 0 Å². The van der Waals surface area contributed by atoms with Gasteiger partial charge >= 0.3 is 0 Å². The van der Waals surface area contributed by atoms with Crippen molar-refractivity contribution in [1.29, 1.82) is 0 Å². The summed E-state index contributed by atoms with van der Waals surface area (Å²) >= 11 is 6.17. The fraction of sp³-hybridized carbons (Fsp3) is 0.556. The second-order valence-corrected chi connectivity index (χ2v) is 7.11. The van der Waals surface area contributed by atoms with Gasteiger partial charge in [-0.1, -0.05) is 18.0 Å². The molecule has 0 N–H and O–H groups in total. The molecular weight excluding hydrogens is 308 g/mol. The van der Waals surface area contributed by atoms with Crippen molar-refractivity contribution in [1.82, 2.24) is 14.9 Å². The van der Waals surface area contributed by atoms with Gasteiger partial charge in [0.15, 0.2) is 0 Å². The van der Waals surface area contributed by atoms with Crippen LogP contribution in [0.2, 0.25) is 5.02 Å². The third-order valence-electron chi connectivity index (χ3n) is 5.25. The van der Waals surface area contributed by atoms with E-state index in [4.69, 9.17) is 11.6 Å². The number of rotatable bonds is 2. The molecule has 1 aromatic carbocycles. The van der Waals surface area contributed by atoms with Crippen LogP contribution in [0.15, 0.2) is 24.5 Å². The van der Waals surface area contributed by atoms with Crippen molar-refractivity contribution in [3.8, 4) is 0 Å². The monoisotopic (exact) mass is 330 g/mol. The smallest absolute Gasteiger partial charge is 0.139 e. The SMILES string of the molecule is Clc1ccc2ncnc(N3CCC(N4CCCCC4)CC3)c2c1. The third-order valence-corrected chi connectivity index (χ3v) is 5.48. The Balaban J connectivity index is 1.51. The van der Waals surface area contributed by atoms with E-state index >= 15 is 0 Å². The zero-order chi connectivity index (χ0) is 15.6. The molecule has 0 saturated carbocycles. The van der Waals surface area contributed by atoms with Crippen molar-refractivity contribution in [2.45, 2.75) is 38.1 Å². The summed E-state index contributed by atoms with van der Waals surface area (Å²) in [6, 6.07) is 6.61. The number of anilines is 1. The summed E-state index contributed by atoms with van der Waals surface area (Å²) in [6.45, 7) is 4.72. The molecule has 0 spiro atoms. The molecule has 4 nitrogen and oxygen atoms in total. The predicted molar refractivity (Wildman–Crippen MR) is 95.2 cm³/mol. The standard InChI is InChI=1S/C18H23ClN4/c19-14-4-5-17-16(12-14)18(21-13-20-17)23-10-6-15(7-11-23)22-8-2-1-3-9-22/h4-5,12-13,15H,1-3,6-11H2. The molecular formula is C18H23ClN4. The zero-order valence-electron chi connectivity index (χ0n) is 13.4. The maximum Gasteiger partial charge on any atom is 0.139 e. The van der Waals surface area contributed by atoms with Gasteiger partial charge in [0.2, 0.25) is 0 Å². The molecule has 0 aliphatic carbocycles. The van der Waals surface area contributed by atoms with Gasteiger partial charge in [0.05, 0.1) is 5.52 Å². The Morgan fingerprint density at radius 1 is 0.957 bits per heavy atom. The lowest BCUT2D eigenvalue weighted by Crippen LogP contribution is -2.47. The first kappa shape index (κ1) is 15.2. The molecule has 2 aliphatic heterocycles. The zero-order valence-corrected chi connectivity index (χ0v) is 14.2. The molecule has 23 heavy (non-hydrogen) atoms. The number of benzene rings is 1. The van der Waals surface area contributed by atoms with Crippen molar-refractivity contribution < 1.29 is 0 Å². The maximum atomic E-state index is 6.17. The van der Waals surface area contributed by atoms with Gasteiger partial charge in [-0.05, 0) is 57.0 Å². The van der Waals surface area contributed by atoms with Crippen molar-refractivity contribution >= 4 is 28.3 Å². The fourth-order valence-corrected chi connectivity index (χ4v) is 4.17. The number of fused-ring (bicyclic) bond motifs is 1. The molecule has 122 valence electrons. The van der Waals surface area contributed by atoms with E-state index in [1.54, 1.807) is 6.33 Å². The second kappa shape index (κ2) is 6.62. The summed E-state index contributed by atoms with van der Waals surface area (Å²) < 4.78 is 0. The highest BCUT2D eigenvalue weighted by Crippen LogP contribution is 2.29. The molecule has 0 radical (unpaired) electrons. The quantitative estimate of drug-likeness (QED) is 0.839. The summed E-state index contributed by atoms with van der Waals surface area (Å²) in [4.78, 5) is 14.0. The Hall–Kier alpha value is -1.39. The van der Waals surface area contributed by atoms with E-state index in [0.717, 1.165) is 40.9 Å². The van der Waals surface area contributed by atoms with E-state index < -0.39 is 0 Å². The summed E-state index contributed by atoms with van der Waals surface area (Å²) in [6.07, 6.45) is 8.27. The minimum absolute atomic E-state index is 0.747. The average molecular weight is 331 g/mol. The van der Waals surface area contributed by atoms with Crippen LogP contribution in [0, 0.1) is 0 Å². The number of likely N-dealkylation sites (tertiary alicyclic amines) is 1. The third kappa shape index (κ3) is 3.15. The largest absolute Gasteiger partial charge is 0.356 e. The van der Waals surface area contributed by atoms with Crippen molar-refractivity contribution in [3.63, 3.8) is 0 Å². The van der Waals surface area contributed by atoms with Gasteiger partial charge in [-0.15, -0.1) is 0 Å². The van der Waals surface area contributed by atoms with Gasteiger partial charge < -0.3 is 9.80 Å². The molecule has 5 heteroatoms. The molecule has 2 aromatic rings. The molecule has 0 bridgehead atoms. The van der Waals surface area contributed by atoms with Gasteiger partial charge in [-0.2, -0.15) is 0 Å². The highest BCUT2D eigenvalue weighted by molar-refractivity contribution is 6.31. The number of hydrogen-bond donors (Lipinski definition) is 0. The van der Waals surface area contributed by atoms with Crippen LogP contribution < -0.4 is 4.90 Å². The molecule has 2 fully saturated rings. The Morgan fingerprint density at radius 3 is 2.52 bits per heavy atom. The lowest BCUT2D eigenvalue weighted by atomic mass is 9.99. The van der Waals surface area contributed by atoms with Crippen molar-refractivity contribution in [3.05, 3.63) is 29.5 Å². The number of halogens is 1. The van der Waals surface area contributed by atoms with Crippen LogP contribution >= 0.6 is 11.6 Å². The minimum Gasteiger partial charge on any atom is -0.356 e. The summed E-state index contributed by atoms with van der Waals surface area (Å²) in [5.74, 6) is 1.04. The Kier molecular flexibility index (Phi) is 4.36. The van der Waals surface area contributed by atoms with Crippen LogP contribution in [0.5, 0.6) is 0 Å². The molecule has 2 saturated heterocycles. The summed E-state index contributed by atoms with van der Waals surface area (Å²) in [5, 5.41) is 1.81. The number of nitrogens with zero attached hydrogens (tertiary/aromatic N) is 4. The Morgan fingerprint density at radius 2 is 1.74 bits per heavy atom. The Labute approximate surface area is 142 Å². The normalized spacial score (nSPS) is 21.0. The minimum atomic E-state index is 0.747.